The third-order valence-corrected chi connectivity index (χ3v) is 3.31. The van der Waals surface area contributed by atoms with Crippen LogP contribution in [-0.4, -0.2) is 5.78 Å². The minimum absolute atomic E-state index is 0.109. The lowest BCUT2D eigenvalue weighted by atomic mass is 9.97. The highest BCUT2D eigenvalue weighted by Gasteiger charge is 2.25. The molecular formula is C11H10FIO. The van der Waals surface area contributed by atoms with Crippen molar-refractivity contribution in [1.82, 2.24) is 0 Å². The summed E-state index contributed by atoms with van der Waals surface area (Å²) in [5, 5.41) is 0. The van der Waals surface area contributed by atoms with Crippen molar-refractivity contribution in [1.29, 1.82) is 0 Å². The van der Waals surface area contributed by atoms with Gasteiger partial charge in [-0.3, -0.25) is 4.79 Å². The summed E-state index contributed by atoms with van der Waals surface area (Å²) in [7, 11) is 0. The van der Waals surface area contributed by atoms with Crippen molar-refractivity contribution in [3.05, 3.63) is 33.1 Å². The van der Waals surface area contributed by atoms with Gasteiger partial charge in [0.2, 0.25) is 0 Å². The van der Waals surface area contributed by atoms with E-state index in [2.05, 4.69) is 22.6 Å². The predicted octanol–water partition coefficient (Wildman–Crippen LogP) is 3.27. The number of benzene rings is 1. The van der Waals surface area contributed by atoms with E-state index >= 15 is 0 Å². The first-order valence-corrected chi connectivity index (χ1v) is 5.71. The van der Waals surface area contributed by atoms with Gasteiger partial charge in [0.05, 0.1) is 0 Å². The lowest BCUT2D eigenvalue weighted by Gasteiger charge is -2.09. The third kappa shape index (κ3) is 1.97. The summed E-state index contributed by atoms with van der Waals surface area (Å²) in [5.74, 6) is 0.190. The van der Waals surface area contributed by atoms with Crippen molar-refractivity contribution in [3.8, 4) is 0 Å². The van der Waals surface area contributed by atoms with E-state index in [1.165, 1.54) is 6.07 Å². The van der Waals surface area contributed by atoms with Crippen LogP contribution in [0.2, 0.25) is 0 Å². The monoisotopic (exact) mass is 304 g/mol. The Bertz CT molecular complexity index is 376. The topological polar surface area (TPSA) is 17.1 Å². The predicted molar refractivity (Wildman–Crippen MR) is 60.7 cm³/mol. The van der Waals surface area contributed by atoms with Crippen molar-refractivity contribution in [2.45, 2.75) is 25.2 Å². The minimum atomic E-state index is -0.176. The summed E-state index contributed by atoms with van der Waals surface area (Å²) in [5.41, 5.74) is 0.711. The normalized spacial score (nSPS) is 21.6. The molecule has 0 aliphatic heterocycles. The molecule has 14 heavy (non-hydrogen) atoms. The van der Waals surface area contributed by atoms with Gasteiger partial charge in [-0.25, -0.2) is 4.39 Å². The van der Waals surface area contributed by atoms with Crippen molar-refractivity contribution in [2.24, 2.45) is 0 Å². The molecule has 1 aromatic carbocycles. The number of halogens is 2. The molecule has 0 bridgehead atoms. The SMILES string of the molecule is O=C1CCC(c2cc(I)ccc2F)C1. The zero-order valence-electron chi connectivity index (χ0n) is 7.59. The van der Waals surface area contributed by atoms with Gasteiger partial charge in [-0.2, -0.15) is 0 Å². The number of ketones is 1. The molecule has 0 N–H and O–H groups in total. The summed E-state index contributed by atoms with van der Waals surface area (Å²) in [6.45, 7) is 0. The Labute approximate surface area is 95.8 Å². The lowest BCUT2D eigenvalue weighted by molar-refractivity contribution is -0.117. The van der Waals surface area contributed by atoms with E-state index < -0.39 is 0 Å². The Balaban J connectivity index is 2.31. The van der Waals surface area contributed by atoms with E-state index in [9.17, 15) is 9.18 Å². The Morgan fingerprint density at radius 1 is 1.43 bits per heavy atom. The molecule has 1 atom stereocenters. The van der Waals surface area contributed by atoms with E-state index in [0.717, 1.165) is 9.99 Å². The number of hydrogen-bond acceptors (Lipinski definition) is 1. The molecule has 0 saturated heterocycles. The fourth-order valence-corrected chi connectivity index (χ4v) is 2.42. The first kappa shape index (κ1) is 10.1. The first-order chi connectivity index (χ1) is 6.66. The Hall–Kier alpha value is -0.450. The summed E-state index contributed by atoms with van der Waals surface area (Å²) < 4.78 is 14.5. The molecule has 1 aromatic rings. The van der Waals surface area contributed by atoms with E-state index in [4.69, 9.17) is 0 Å². The number of Topliss-reactive ketones (excluding diaryl/α,β-unsaturated/α-hetero) is 1. The molecular weight excluding hydrogens is 294 g/mol. The zero-order valence-corrected chi connectivity index (χ0v) is 9.75. The van der Waals surface area contributed by atoms with E-state index in [-0.39, 0.29) is 17.5 Å². The second-order valence-electron chi connectivity index (χ2n) is 3.64. The van der Waals surface area contributed by atoms with Gasteiger partial charge < -0.3 is 0 Å². The molecule has 0 amide bonds. The fourth-order valence-electron chi connectivity index (χ4n) is 1.91. The second kappa shape index (κ2) is 3.96. The summed E-state index contributed by atoms with van der Waals surface area (Å²) >= 11 is 2.16. The van der Waals surface area contributed by atoms with Gasteiger partial charge >= 0.3 is 0 Å². The Kier molecular flexibility index (Phi) is 2.85. The summed E-state index contributed by atoms with van der Waals surface area (Å²) in [6, 6.07) is 5.08. The van der Waals surface area contributed by atoms with E-state index in [0.29, 0.717) is 18.4 Å². The van der Waals surface area contributed by atoms with Crippen LogP contribution in [0.5, 0.6) is 0 Å². The number of rotatable bonds is 1. The lowest BCUT2D eigenvalue weighted by Crippen LogP contribution is -1.98. The van der Waals surface area contributed by atoms with Crippen LogP contribution in [0.1, 0.15) is 30.7 Å². The van der Waals surface area contributed by atoms with Crippen LogP contribution in [0, 0.1) is 9.39 Å². The summed E-state index contributed by atoms with van der Waals surface area (Å²) in [6.07, 6.45) is 1.92. The van der Waals surface area contributed by atoms with Crippen molar-refractivity contribution >= 4 is 28.4 Å². The maximum Gasteiger partial charge on any atom is 0.133 e. The summed E-state index contributed by atoms with van der Waals surface area (Å²) in [4.78, 5) is 11.1. The van der Waals surface area contributed by atoms with Gasteiger partial charge in [0, 0.05) is 16.4 Å². The molecule has 1 fully saturated rings. The van der Waals surface area contributed by atoms with Crippen molar-refractivity contribution in [3.63, 3.8) is 0 Å². The Morgan fingerprint density at radius 3 is 2.86 bits per heavy atom. The average Bonchev–Trinajstić information content (AvgIpc) is 2.56. The molecule has 1 unspecified atom stereocenters. The van der Waals surface area contributed by atoms with Crippen LogP contribution in [0.4, 0.5) is 4.39 Å². The van der Waals surface area contributed by atoms with Crippen LogP contribution in [0.25, 0.3) is 0 Å². The molecule has 0 aromatic heterocycles. The zero-order chi connectivity index (χ0) is 10.1. The van der Waals surface area contributed by atoms with Crippen molar-refractivity contribution < 1.29 is 9.18 Å². The number of hydrogen-bond donors (Lipinski definition) is 0. The molecule has 3 heteroatoms. The number of carbonyl (C=O) groups is 1. The van der Waals surface area contributed by atoms with Crippen LogP contribution in [0.3, 0.4) is 0 Å². The Morgan fingerprint density at radius 2 is 2.21 bits per heavy atom. The van der Waals surface area contributed by atoms with Gasteiger partial charge in [-0.15, -0.1) is 0 Å². The first-order valence-electron chi connectivity index (χ1n) is 4.63. The van der Waals surface area contributed by atoms with Gasteiger partial charge in [0.1, 0.15) is 11.6 Å². The molecule has 1 saturated carbocycles. The third-order valence-electron chi connectivity index (χ3n) is 2.64. The number of carbonyl (C=O) groups excluding carboxylic acids is 1. The van der Waals surface area contributed by atoms with Gasteiger partial charge in [0.25, 0.3) is 0 Å². The smallest absolute Gasteiger partial charge is 0.133 e. The van der Waals surface area contributed by atoms with Crippen LogP contribution in [-0.2, 0) is 4.79 Å². The van der Waals surface area contributed by atoms with Gasteiger partial charge in [0.15, 0.2) is 0 Å². The fraction of sp³-hybridized carbons (Fsp3) is 0.364. The minimum Gasteiger partial charge on any atom is -0.300 e. The molecule has 2 rings (SSSR count). The quantitative estimate of drug-likeness (QED) is 0.728. The molecule has 1 aliphatic rings. The molecule has 74 valence electrons. The van der Waals surface area contributed by atoms with Crippen LogP contribution in [0.15, 0.2) is 18.2 Å². The highest BCUT2D eigenvalue weighted by molar-refractivity contribution is 14.1. The van der Waals surface area contributed by atoms with Crippen LogP contribution >= 0.6 is 22.6 Å². The van der Waals surface area contributed by atoms with E-state index in [1.807, 2.05) is 6.07 Å². The van der Waals surface area contributed by atoms with Gasteiger partial charge in [-0.1, -0.05) is 0 Å². The maximum absolute atomic E-state index is 13.4. The van der Waals surface area contributed by atoms with E-state index in [1.54, 1.807) is 6.07 Å². The highest BCUT2D eigenvalue weighted by atomic mass is 127. The molecule has 1 aliphatic carbocycles. The molecule has 1 nitrogen and oxygen atoms in total. The van der Waals surface area contributed by atoms with Crippen LogP contribution < -0.4 is 0 Å². The highest BCUT2D eigenvalue weighted by Crippen LogP contribution is 2.34. The average molecular weight is 304 g/mol. The largest absolute Gasteiger partial charge is 0.300 e. The maximum atomic E-state index is 13.4. The molecule has 0 heterocycles. The second-order valence-corrected chi connectivity index (χ2v) is 4.89. The van der Waals surface area contributed by atoms with Gasteiger partial charge in [-0.05, 0) is 58.7 Å². The molecule has 0 spiro atoms. The standard InChI is InChI=1S/C11H10FIO/c12-11-4-2-8(13)6-10(11)7-1-3-9(14)5-7/h2,4,6-7H,1,3,5H2. The molecule has 0 radical (unpaired) electrons. The van der Waals surface area contributed by atoms with Crippen molar-refractivity contribution in [2.75, 3.05) is 0 Å².